The Morgan fingerprint density at radius 2 is 1.89 bits per heavy atom. The summed E-state index contributed by atoms with van der Waals surface area (Å²) in [6.07, 6.45) is 0. The molecule has 3 aromatic rings. The van der Waals surface area contributed by atoms with Crippen LogP contribution in [0.4, 0.5) is 16.2 Å². The number of thiazole rings is 1. The molecule has 0 unspecified atom stereocenters. The van der Waals surface area contributed by atoms with E-state index in [-0.39, 0.29) is 11.9 Å². The number of nitrogens with zero attached hydrogens (tertiary/aromatic N) is 2. The molecule has 7 heteroatoms. The number of nitrogens with one attached hydrogen (secondary N) is 2. The first kappa shape index (κ1) is 17.2. The molecule has 6 nitrogen and oxygen atoms in total. The van der Waals surface area contributed by atoms with E-state index in [0.29, 0.717) is 18.7 Å². The zero-order valence-corrected chi connectivity index (χ0v) is 15.5. The van der Waals surface area contributed by atoms with Crippen molar-refractivity contribution in [3.63, 3.8) is 0 Å². The summed E-state index contributed by atoms with van der Waals surface area (Å²) >= 11 is 1.61. The number of aromatic nitrogens is 1. The smallest absolute Gasteiger partial charge is 0.321 e. The summed E-state index contributed by atoms with van der Waals surface area (Å²) in [5.41, 5.74) is 4.00. The van der Waals surface area contributed by atoms with Gasteiger partial charge in [0.25, 0.3) is 5.91 Å². The van der Waals surface area contributed by atoms with E-state index >= 15 is 0 Å². The molecule has 136 valence electrons. The van der Waals surface area contributed by atoms with E-state index in [4.69, 9.17) is 0 Å². The predicted octanol–water partition coefficient (Wildman–Crippen LogP) is 3.90. The van der Waals surface area contributed by atoms with Gasteiger partial charge in [-0.3, -0.25) is 9.69 Å². The van der Waals surface area contributed by atoms with Crippen LogP contribution in [0.5, 0.6) is 0 Å². The van der Waals surface area contributed by atoms with E-state index in [9.17, 15) is 9.59 Å². The Hall–Kier alpha value is -3.19. The maximum atomic E-state index is 12.5. The van der Waals surface area contributed by atoms with E-state index in [0.717, 1.165) is 27.6 Å². The molecule has 1 aliphatic heterocycles. The van der Waals surface area contributed by atoms with Crippen LogP contribution < -0.4 is 15.5 Å². The molecule has 1 fully saturated rings. The average molecular weight is 378 g/mol. The molecular formula is C20H18N4O2S. The largest absolute Gasteiger partial charge is 0.336 e. The third-order valence-electron chi connectivity index (χ3n) is 4.36. The molecule has 0 atom stereocenters. The molecule has 1 saturated heterocycles. The summed E-state index contributed by atoms with van der Waals surface area (Å²) in [6.45, 7) is 3.25. The van der Waals surface area contributed by atoms with Crippen molar-refractivity contribution < 1.29 is 9.59 Å². The van der Waals surface area contributed by atoms with Gasteiger partial charge in [-0.25, -0.2) is 9.78 Å². The van der Waals surface area contributed by atoms with Gasteiger partial charge in [0.2, 0.25) is 0 Å². The van der Waals surface area contributed by atoms with E-state index in [1.165, 1.54) is 0 Å². The Labute approximate surface area is 160 Å². The van der Waals surface area contributed by atoms with Crippen LogP contribution in [0.1, 0.15) is 15.4 Å². The second-order valence-corrected chi connectivity index (χ2v) is 7.28. The van der Waals surface area contributed by atoms with Crippen LogP contribution >= 0.6 is 11.3 Å². The molecule has 3 amide bonds. The molecule has 2 N–H and O–H groups in total. The zero-order valence-electron chi connectivity index (χ0n) is 14.7. The monoisotopic (exact) mass is 378 g/mol. The van der Waals surface area contributed by atoms with Gasteiger partial charge in [0, 0.05) is 41.0 Å². The minimum absolute atomic E-state index is 0.109. The zero-order chi connectivity index (χ0) is 18.8. The number of anilines is 2. The average Bonchev–Trinajstić information content (AvgIpc) is 3.31. The number of aryl methyl sites for hydroxylation is 1. The Balaban J connectivity index is 1.43. The van der Waals surface area contributed by atoms with Gasteiger partial charge in [-0.05, 0) is 43.3 Å². The van der Waals surface area contributed by atoms with Crippen LogP contribution in [0.2, 0.25) is 0 Å². The summed E-state index contributed by atoms with van der Waals surface area (Å²) in [5, 5.41) is 8.69. The number of carbonyl (C=O) groups excluding carboxylic acids is 2. The molecular weight excluding hydrogens is 360 g/mol. The van der Waals surface area contributed by atoms with Crippen LogP contribution in [0.3, 0.4) is 0 Å². The SMILES string of the molecule is Cc1nc(-c2ccc(NC(=O)c3ccc(N4CCNC4=O)cc3)cc2)cs1. The van der Waals surface area contributed by atoms with Crippen molar-refractivity contribution in [1.29, 1.82) is 0 Å². The van der Waals surface area contributed by atoms with Crippen molar-refractivity contribution in [2.45, 2.75) is 6.92 Å². The molecule has 0 bridgehead atoms. The second kappa shape index (κ2) is 7.20. The molecule has 0 spiro atoms. The quantitative estimate of drug-likeness (QED) is 0.723. The number of hydrogen-bond acceptors (Lipinski definition) is 4. The lowest BCUT2D eigenvalue weighted by Gasteiger charge is -2.14. The number of hydrogen-bond donors (Lipinski definition) is 2. The molecule has 0 aliphatic carbocycles. The topological polar surface area (TPSA) is 74.3 Å². The number of benzene rings is 2. The van der Waals surface area contributed by atoms with Gasteiger partial charge in [-0.1, -0.05) is 12.1 Å². The summed E-state index contributed by atoms with van der Waals surface area (Å²) in [4.78, 5) is 30.3. The van der Waals surface area contributed by atoms with Crippen molar-refractivity contribution in [2.24, 2.45) is 0 Å². The van der Waals surface area contributed by atoms with Crippen molar-refractivity contribution >= 4 is 34.6 Å². The van der Waals surface area contributed by atoms with Gasteiger partial charge in [0.05, 0.1) is 10.7 Å². The number of amides is 3. The fraction of sp³-hybridized carbons (Fsp3) is 0.150. The lowest BCUT2D eigenvalue weighted by atomic mass is 10.1. The van der Waals surface area contributed by atoms with Crippen LogP contribution in [0, 0.1) is 6.92 Å². The van der Waals surface area contributed by atoms with E-state index in [1.54, 1.807) is 40.5 Å². The fourth-order valence-electron chi connectivity index (χ4n) is 2.93. The highest BCUT2D eigenvalue weighted by atomic mass is 32.1. The van der Waals surface area contributed by atoms with Gasteiger partial charge in [0.15, 0.2) is 0 Å². The van der Waals surface area contributed by atoms with Gasteiger partial charge < -0.3 is 10.6 Å². The first-order chi connectivity index (χ1) is 13.1. The second-order valence-electron chi connectivity index (χ2n) is 6.21. The highest BCUT2D eigenvalue weighted by molar-refractivity contribution is 7.09. The van der Waals surface area contributed by atoms with Gasteiger partial charge in [-0.15, -0.1) is 11.3 Å². The minimum atomic E-state index is -0.190. The summed E-state index contributed by atoms with van der Waals surface area (Å²) in [7, 11) is 0. The molecule has 1 aliphatic rings. The van der Waals surface area contributed by atoms with E-state index in [1.807, 2.05) is 36.6 Å². The van der Waals surface area contributed by atoms with Crippen LogP contribution in [-0.2, 0) is 0 Å². The standard InChI is InChI=1S/C20H18N4O2S/c1-13-22-18(12-27-13)14-2-6-16(7-3-14)23-19(25)15-4-8-17(9-5-15)24-11-10-21-20(24)26/h2-9,12H,10-11H2,1H3,(H,21,26)(H,23,25). The van der Waals surface area contributed by atoms with Crippen LogP contribution in [-0.4, -0.2) is 30.0 Å². The molecule has 2 aromatic carbocycles. The molecule has 2 heterocycles. The van der Waals surface area contributed by atoms with Crippen molar-refractivity contribution in [1.82, 2.24) is 10.3 Å². The lowest BCUT2D eigenvalue weighted by Crippen LogP contribution is -2.27. The summed E-state index contributed by atoms with van der Waals surface area (Å²) < 4.78 is 0. The summed E-state index contributed by atoms with van der Waals surface area (Å²) in [6, 6.07) is 14.5. The number of rotatable bonds is 4. The molecule has 0 radical (unpaired) electrons. The first-order valence-corrected chi connectivity index (χ1v) is 9.47. The summed E-state index contributed by atoms with van der Waals surface area (Å²) in [5.74, 6) is -0.190. The highest BCUT2D eigenvalue weighted by Gasteiger charge is 2.21. The predicted molar refractivity (Wildman–Crippen MR) is 107 cm³/mol. The van der Waals surface area contributed by atoms with Crippen molar-refractivity contribution in [3.8, 4) is 11.3 Å². The molecule has 1 aromatic heterocycles. The highest BCUT2D eigenvalue weighted by Crippen LogP contribution is 2.23. The van der Waals surface area contributed by atoms with Crippen molar-refractivity contribution in [3.05, 3.63) is 64.5 Å². The van der Waals surface area contributed by atoms with Gasteiger partial charge in [0.1, 0.15) is 0 Å². The Bertz CT molecular complexity index is 980. The lowest BCUT2D eigenvalue weighted by molar-refractivity contribution is 0.102. The number of urea groups is 1. The van der Waals surface area contributed by atoms with E-state index < -0.39 is 0 Å². The minimum Gasteiger partial charge on any atom is -0.336 e. The fourth-order valence-corrected chi connectivity index (χ4v) is 3.56. The number of carbonyl (C=O) groups is 2. The van der Waals surface area contributed by atoms with Gasteiger partial charge in [-0.2, -0.15) is 0 Å². The van der Waals surface area contributed by atoms with Crippen LogP contribution in [0.15, 0.2) is 53.9 Å². The Morgan fingerprint density at radius 1 is 1.15 bits per heavy atom. The van der Waals surface area contributed by atoms with Crippen LogP contribution in [0.25, 0.3) is 11.3 Å². The third-order valence-corrected chi connectivity index (χ3v) is 5.13. The maximum absolute atomic E-state index is 12.5. The third kappa shape index (κ3) is 3.68. The molecule has 27 heavy (non-hydrogen) atoms. The molecule has 4 rings (SSSR count). The van der Waals surface area contributed by atoms with E-state index in [2.05, 4.69) is 15.6 Å². The molecule has 0 saturated carbocycles. The Morgan fingerprint density at radius 3 is 2.48 bits per heavy atom. The Kier molecular flexibility index (Phi) is 4.60. The van der Waals surface area contributed by atoms with Crippen molar-refractivity contribution in [2.75, 3.05) is 23.3 Å². The van der Waals surface area contributed by atoms with Gasteiger partial charge >= 0.3 is 6.03 Å². The normalized spacial score (nSPS) is 13.5. The first-order valence-electron chi connectivity index (χ1n) is 8.59. The maximum Gasteiger partial charge on any atom is 0.321 e.